The van der Waals surface area contributed by atoms with E-state index in [2.05, 4.69) is 12.2 Å². The smallest absolute Gasteiger partial charge is 0.220 e. The highest BCUT2D eigenvalue weighted by atomic mass is 16.1. The molecule has 19 heavy (non-hydrogen) atoms. The summed E-state index contributed by atoms with van der Waals surface area (Å²) in [4.78, 5) is 12.0. The molecule has 0 spiro atoms. The van der Waals surface area contributed by atoms with Gasteiger partial charge in [0.15, 0.2) is 0 Å². The van der Waals surface area contributed by atoms with Gasteiger partial charge in [-0.2, -0.15) is 0 Å². The Morgan fingerprint density at radius 1 is 1.11 bits per heavy atom. The number of nitrogens with one attached hydrogen (secondary N) is 1. The molecule has 0 aliphatic heterocycles. The molecular weight excluding hydrogens is 236 g/mol. The number of amides is 1. The Labute approximate surface area is 117 Å². The molecule has 110 valence electrons. The molecule has 0 aromatic carbocycles. The van der Waals surface area contributed by atoms with Crippen LogP contribution in [-0.4, -0.2) is 18.5 Å². The Morgan fingerprint density at radius 2 is 1.79 bits per heavy atom. The molecular formula is C16H30N2O. The molecule has 0 radical (unpaired) electrons. The van der Waals surface area contributed by atoms with Crippen molar-refractivity contribution in [3.05, 3.63) is 0 Å². The zero-order chi connectivity index (χ0) is 13.7. The van der Waals surface area contributed by atoms with E-state index in [4.69, 9.17) is 5.73 Å². The summed E-state index contributed by atoms with van der Waals surface area (Å²) >= 11 is 0. The minimum absolute atomic E-state index is 0.262. The van der Waals surface area contributed by atoms with E-state index >= 15 is 0 Å². The van der Waals surface area contributed by atoms with Crippen LogP contribution in [0.25, 0.3) is 0 Å². The van der Waals surface area contributed by atoms with E-state index in [1.807, 2.05) is 0 Å². The molecule has 0 heterocycles. The van der Waals surface area contributed by atoms with Crippen LogP contribution >= 0.6 is 0 Å². The molecule has 1 amide bonds. The highest BCUT2D eigenvalue weighted by Gasteiger charge is 2.23. The van der Waals surface area contributed by atoms with Gasteiger partial charge in [0, 0.05) is 19.0 Å². The van der Waals surface area contributed by atoms with E-state index in [0.717, 1.165) is 38.1 Å². The van der Waals surface area contributed by atoms with Gasteiger partial charge in [0.1, 0.15) is 0 Å². The van der Waals surface area contributed by atoms with Crippen molar-refractivity contribution < 1.29 is 4.79 Å². The molecule has 0 saturated heterocycles. The molecule has 0 aromatic heterocycles. The lowest BCUT2D eigenvalue weighted by Crippen LogP contribution is -2.35. The van der Waals surface area contributed by atoms with Gasteiger partial charge in [-0.1, -0.05) is 26.2 Å². The predicted octanol–water partition coefficient (Wildman–Crippen LogP) is 2.84. The lowest BCUT2D eigenvalue weighted by molar-refractivity contribution is -0.122. The van der Waals surface area contributed by atoms with E-state index in [-0.39, 0.29) is 5.91 Å². The third-order valence-corrected chi connectivity index (χ3v) is 5.22. The molecule has 0 aromatic rings. The molecule has 0 bridgehead atoms. The zero-order valence-electron chi connectivity index (χ0n) is 12.4. The van der Waals surface area contributed by atoms with Crippen molar-refractivity contribution in [2.24, 2.45) is 23.5 Å². The normalized spacial score (nSPS) is 35.9. The fourth-order valence-electron chi connectivity index (χ4n) is 3.67. The molecule has 2 unspecified atom stereocenters. The topological polar surface area (TPSA) is 55.1 Å². The first kappa shape index (κ1) is 14.8. The van der Waals surface area contributed by atoms with Gasteiger partial charge in [-0.25, -0.2) is 0 Å². The fourth-order valence-corrected chi connectivity index (χ4v) is 3.67. The Morgan fingerprint density at radius 3 is 2.47 bits per heavy atom. The molecule has 2 fully saturated rings. The van der Waals surface area contributed by atoms with Crippen LogP contribution in [0.1, 0.15) is 64.7 Å². The largest absolute Gasteiger partial charge is 0.356 e. The molecule has 2 aliphatic carbocycles. The quantitative estimate of drug-likeness (QED) is 0.822. The Bertz CT molecular complexity index is 284. The molecule has 2 rings (SSSR count). The Hall–Kier alpha value is -0.570. The van der Waals surface area contributed by atoms with Crippen molar-refractivity contribution in [2.45, 2.75) is 70.8 Å². The molecule has 2 atom stereocenters. The summed E-state index contributed by atoms with van der Waals surface area (Å²) in [6.07, 6.45) is 10.5. The second-order valence-corrected chi connectivity index (χ2v) is 6.81. The van der Waals surface area contributed by atoms with Crippen LogP contribution in [0, 0.1) is 17.8 Å². The maximum absolute atomic E-state index is 12.0. The number of hydrogen-bond acceptors (Lipinski definition) is 2. The third-order valence-electron chi connectivity index (χ3n) is 5.22. The van der Waals surface area contributed by atoms with Gasteiger partial charge in [0.2, 0.25) is 5.91 Å². The van der Waals surface area contributed by atoms with Crippen molar-refractivity contribution in [3.63, 3.8) is 0 Å². The first-order valence-corrected chi connectivity index (χ1v) is 8.17. The van der Waals surface area contributed by atoms with Crippen LogP contribution in [-0.2, 0) is 4.79 Å². The first-order valence-electron chi connectivity index (χ1n) is 8.17. The molecule has 2 aliphatic rings. The maximum atomic E-state index is 12.0. The van der Waals surface area contributed by atoms with Gasteiger partial charge < -0.3 is 11.1 Å². The van der Waals surface area contributed by atoms with Gasteiger partial charge in [-0.15, -0.1) is 0 Å². The lowest BCUT2D eigenvalue weighted by Gasteiger charge is -2.29. The van der Waals surface area contributed by atoms with Crippen molar-refractivity contribution >= 4 is 5.91 Å². The molecule has 2 saturated carbocycles. The van der Waals surface area contributed by atoms with E-state index in [1.54, 1.807) is 0 Å². The maximum Gasteiger partial charge on any atom is 0.220 e. The van der Waals surface area contributed by atoms with Crippen molar-refractivity contribution in [1.29, 1.82) is 0 Å². The molecule has 3 N–H and O–H groups in total. The van der Waals surface area contributed by atoms with Crippen LogP contribution in [0.3, 0.4) is 0 Å². The van der Waals surface area contributed by atoms with E-state index in [1.165, 1.54) is 25.7 Å². The van der Waals surface area contributed by atoms with E-state index < -0.39 is 0 Å². The minimum atomic E-state index is 0.262. The average Bonchev–Trinajstić information content (AvgIpc) is 2.40. The molecule has 3 heteroatoms. The second-order valence-electron chi connectivity index (χ2n) is 6.81. The van der Waals surface area contributed by atoms with Crippen LogP contribution in [0.2, 0.25) is 0 Å². The first-order chi connectivity index (χ1) is 9.15. The summed E-state index contributed by atoms with van der Waals surface area (Å²) in [5.74, 6) is 2.32. The van der Waals surface area contributed by atoms with Crippen molar-refractivity contribution in [3.8, 4) is 0 Å². The highest BCUT2D eigenvalue weighted by Crippen LogP contribution is 2.29. The molecule has 3 nitrogen and oxygen atoms in total. The van der Waals surface area contributed by atoms with E-state index in [0.29, 0.717) is 24.3 Å². The third kappa shape index (κ3) is 4.79. The zero-order valence-corrected chi connectivity index (χ0v) is 12.4. The Balaban J connectivity index is 1.64. The lowest BCUT2D eigenvalue weighted by atomic mass is 9.80. The second kappa shape index (κ2) is 7.28. The summed E-state index contributed by atoms with van der Waals surface area (Å²) in [6.45, 7) is 3.23. The monoisotopic (exact) mass is 266 g/mol. The fraction of sp³-hybridized carbons (Fsp3) is 0.938. The van der Waals surface area contributed by atoms with Crippen LogP contribution in [0.4, 0.5) is 0 Å². The standard InChI is InChI=1S/C16H30N2O/c1-12-4-2-3-5-14(12)11-18-16(19)10-13-6-8-15(17)9-7-13/h12-15H,2-11,17H2,1H3,(H,18,19). The van der Waals surface area contributed by atoms with Crippen molar-refractivity contribution in [1.82, 2.24) is 5.32 Å². The van der Waals surface area contributed by atoms with Gasteiger partial charge in [-0.05, 0) is 49.9 Å². The summed E-state index contributed by atoms with van der Waals surface area (Å²) in [6, 6.07) is 0.377. The van der Waals surface area contributed by atoms with Gasteiger partial charge in [0.05, 0.1) is 0 Å². The van der Waals surface area contributed by atoms with Gasteiger partial charge in [-0.3, -0.25) is 4.79 Å². The summed E-state index contributed by atoms with van der Waals surface area (Å²) in [5, 5.41) is 3.17. The van der Waals surface area contributed by atoms with Gasteiger partial charge in [0.25, 0.3) is 0 Å². The average molecular weight is 266 g/mol. The number of hydrogen-bond donors (Lipinski definition) is 2. The summed E-state index contributed by atoms with van der Waals surface area (Å²) < 4.78 is 0. The predicted molar refractivity (Wildman–Crippen MR) is 78.7 cm³/mol. The number of carbonyl (C=O) groups excluding carboxylic acids is 1. The summed E-state index contributed by atoms with van der Waals surface area (Å²) in [5.41, 5.74) is 5.90. The number of rotatable bonds is 4. The minimum Gasteiger partial charge on any atom is -0.356 e. The SMILES string of the molecule is CC1CCCCC1CNC(=O)CC1CCC(N)CC1. The van der Waals surface area contributed by atoms with Crippen LogP contribution in [0.15, 0.2) is 0 Å². The van der Waals surface area contributed by atoms with E-state index in [9.17, 15) is 4.79 Å². The van der Waals surface area contributed by atoms with Gasteiger partial charge >= 0.3 is 0 Å². The highest BCUT2D eigenvalue weighted by molar-refractivity contribution is 5.76. The number of nitrogens with two attached hydrogens (primary N) is 1. The number of carbonyl (C=O) groups is 1. The summed E-state index contributed by atoms with van der Waals surface area (Å²) in [7, 11) is 0. The van der Waals surface area contributed by atoms with Crippen LogP contribution < -0.4 is 11.1 Å². The Kier molecular flexibility index (Phi) is 5.68. The van der Waals surface area contributed by atoms with Crippen molar-refractivity contribution in [2.75, 3.05) is 6.54 Å². The van der Waals surface area contributed by atoms with Crippen LogP contribution in [0.5, 0.6) is 0 Å².